The summed E-state index contributed by atoms with van der Waals surface area (Å²) in [5.41, 5.74) is 0.382. The van der Waals surface area contributed by atoms with Gasteiger partial charge in [0.2, 0.25) is 5.91 Å². The molecule has 1 N–H and O–H groups in total. The Morgan fingerprint density at radius 2 is 1.76 bits per heavy atom. The van der Waals surface area contributed by atoms with E-state index in [4.69, 9.17) is 0 Å². The van der Waals surface area contributed by atoms with Crippen molar-refractivity contribution >= 4 is 11.9 Å². The zero-order valence-electron chi connectivity index (χ0n) is 13.0. The third kappa shape index (κ3) is 4.52. The summed E-state index contributed by atoms with van der Waals surface area (Å²) in [7, 11) is 0. The molecule has 1 aliphatic heterocycles. The largest absolute Gasteiger partial charge is 0.480 e. The van der Waals surface area contributed by atoms with Crippen LogP contribution in [0.25, 0.3) is 0 Å². The number of amides is 1. The third-order valence-electron chi connectivity index (χ3n) is 3.86. The number of aliphatic carboxylic acids is 1. The SMILES string of the molecule is CC(=O)N1CC(c2ccc(OC(F)F)c(OC(F)F)c2)C[C@@H]1C(=O)O. The highest BCUT2D eigenvalue weighted by Crippen LogP contribution is 2.38. The molecule has 0 radical (unpaired) electrons. The van der Waals surface area contributed by atoms with E-state index in [1.807, 2.05) is 0 Å². The molecule has 1 fully saturated rings. The van der Waals surface area contributed by atoms with Crippen molar-refractivity contribution in [2.75, 3.05) is 6.54 Å². The first-order chi connectivity index (χ1) is 11.7. The van der Waals surface area contributed by atoms with E-state index in [-0.39, 0.29) is 13.0 Å². The van der Waals surface area contributed by atoms with Gasteiger partial charge in [0.15, 0.2) is 11.5 Å². The fraction of sp³-hybridized carbons (Fsp3) is 0.467. The predicted molar refractivity (Wildman–Crippen MR) is 75.9 cm³/mol. The van der Waals surface area contributed by atoms with E-state index in [0.29, 0.717) is 5.56 Å². The molecule has 1 saturated heterocycles. The molecule has 0 aliphatic carbocycles. The van der Waals surface area contributed by atoms with Crippen LogP contribution in [0.4, 0.5) is 17.6 Å². The standard InChI is InChI=1S/C15H15F4NO5/c1-7(21)20-6-9(4-10(20)13(22)23)8-2-3-11(24-14(16)17)12(5-8)25-15(18)19/h2-3,5,9-10,14-15H,4,6H2,1H3,(H,22,23)/t9?,10-/m1/s1. The first kappa shape index (κ1) is 18.8. The lowest BCUT2D eigenvalue weighted by Gasteiger charge is -2.19. The average molecular weight is 365 g/mol. The smallest absolute Gasteiger partial charge is 0.387 e. The molecule has 1 aliphatic rings. The molecule has 1 aromatic carbocycles. The number of carbonyl (C=O) groups excluding carboxylic acids is 1. The van der Waals surface area contributed by atoms with E-state index in [2.05, 4.69) is 9.47 Å². The van der Waals surface area contributed by atoms with Gasteiger partial charge in [-0.05, 0) is 24.1 Å². The highest BCUT2D eigenvalue weighted by Gasteiger charge is 2.39. The minimum absolute atomic E-state index is 0.0650. The summed E-state index contributed by atoms with van der Waals surface area (Å²) in [6, 6.07) is 2.45. The second-order valence-corrected chi connectivity index (χ2v) is 5.42. The van der Waals surface area contributed by atoms with Crippen molar-refractivity contribution in [2.24, 2.45) is 0 Å². The van der Waals surface area contributed by atoms with Crippen LogP contribution in [0.1, 0.15) is 24.8 Å². The van der Waals surface area contributed by atoms with E-state index >= 15 is 0 Å². The van der Waals surface area contributed by atoms with Crippen LogP contribution in [0.3, 0.4) is 0 Å². The summed E-state index contributed by atoms with van der Waals surface area (Å²) < 4.78 is 58.0. The number of nitrogens with zero attached hydrogens (tertiary/aromatic N) is 1. The lowest BCUT2D eigenvalue weighted by molar-refractivity contribution is -0.147. The van der Waals surface area contributed by atoms with Gasteiger partial charge >= 0.3 is 19.2 Å². The molecule has 0 saturated carbocycles. The van der Waals surface area contributed by atoms with Gasteiger partial charge in [0.1, 0.15) is 6.04 Å². The van der Waals surface area contributed by atoms with E-state index < -0.39 is 48.6 Å². The number of carboxylic acid groups (broad SMARTS) is 1. The lowest BCUT2D eigenvalue weighted by atomic mass is 9.96. The molecule has 0 aromatic heterocycles. The summed E-state index contributed by atoms with van der Waals surface area (Å²) in [6.07, 6.45) is 0.0675. The van der Waals surface area contributed by atoms with E-state index in [9.17, 15) is 32.3 Å². The predicted octanol–water partition coefficient (Wildman–Crippen LogP) is 2.68. The Kier molecular flexibility index (Phi) is 5.70. The molecule has 1 aromatic rings. The summed E-state index contributed by atoms with van der Waals surface area (Å²) in [4.78, 5) is 24.0. The number of carbonyl (C=O) groups is 2. The number of rotatable bonds is 6. The van der Waals surface area contributed by atoms with Crippen molar-refractivity contribution in [1.29, 1.82) is 0 Å². The average Bonchev–Trinajstić information content (AvgIpc) is 2.93. The Hall–Kier alpha value is -2.52. The minimum Gasteiger partial charge on any atom is -0.480 e. The number of benzene rings is 1. The molecule has 0 spiro atoms. The van der Waals surface area contributed by atoms with Gasteiger partial charge in [-0.3, -0.25) is 4.79 Å². The van der Waals surface area contributed by atoms with Gasteiger partial charge in [-0.1, -0.05) is 6.07 Å². The van der Waals surface area contributed by atoms with Crippen LogP contribution in [0, 0.1) is 0 Å². The Bertz CT molecular complexity index is 633. The molecular formula is C15H15F4NO5. The highest BCUT2D eigenvalue weighted by atomic mass is 19.3. The second-order valence-electron chi connectivity index (χ2n) is 5.42. The Labute approximate surface area is 139 Å². The molecule has 25 heavy (non-hydrogen) atoms. The summed E-state index contributed by atoms with van der Waals surface area (Å²) in [5.74, 6) is -3.22. The van der Waals surface area contributed by atoms with Crippen molar-refractivity contribution in [3.8, 4) is 11.5 Å². The Morgan fingerprint density at radius 1 is 1.16 bits per heavy atom. The molecular weight excluding hydrogens is 350 g/mol. The number of likely N-dealkylation sites (tertiary alicyclic amines) is 1. The third-order valence-corrected chi connectivity index (χ3v) is 3.86. The van der Waals surface area contributed by atoms with Gasteiger partial charge in [0, 0.05) is 19.4 Å². The van der Waals surface area contributed by atoms with Gasteiger partial charge in [0.05, 0.1) is 0 Å². The van der Waals surface area contributed by atoms with Crippen LogP contribution >= 0.6 is 0 Å². The normalized spacial score (nSPS) is 20.2. The van der Waals surface area contributed by atoms with Gasteiger partial charge in [-0.15, -0.1) is 0 Å². The van der Waals surface area contributed by atoms with Crippen LogP contribution in [0.15, 0.2) is 18.2 Å². The van der Waals surface area contributed by atoms with Gasteiger partial charge in [-0.2, -0.15) is 17.6 Å². The van der Waals surface area contributed by atoms with Crippen molar-refractivity contribution in [3.05, 3.63) is 23.8 Å². The summed E-state index contributed by atoms with van der Waals surface area (Å²) in [5, 5.41) is 9.19. The second kappa shape index (κ2) is 7.58. The molecule has 1 unspecified atom stereocenters. The van der Waals surface area contributed by atoms with E-state index in [1.165, 1.54) is 13.0 Å². The summed E-state index contributed by atoms with van der Waals surface area (Å²) in [6.45, 7) is -5.18. The number of hydrogen-bond donors (Lipinski definition) is 1. The van der Waals surface area contributed by atoms with E-state index in [0.717, 1.165) is 17.0 Å². The van der Waals surface area contributed by atoms with Crippen LogP contribution in [-0.4, -0.2) is 47.7 Å². The zero-order chi connectivity index (χ0) is 18.7. The summed E-state index contributed by atoms with van der Waals surface area (Å²) >= 11 is 0. The number of hydrogen-bond acceptors (Lipinski definition) is 4. The van der Waals surface area contributed by atoms with Crippen molar-refractivity contribution in [1.82, 2.24) is 4.90 Å². The molecule has 10 heteroatoms. The van der Waals surface area contributed by atoms with Gasteiger partial charge in [0.25, 0.3) is 0 Å². The fourth-order valence-electron chi connectivity index (χ4n) is 2.82. The number of alkyl halides is 4. The van der Waals surface area contributed by atoms with Crippen LogP contribution in [0.5, 0.6) is 11.5 Å². The monoisotopic (exact) mass is 365 g/mol. The van der Waals surface area contributed by atoms with Crippen LogP contribution in [-0.2, 0) is 9.59 Å². The number of ether oxygens (including phenoxy) is 2. The van der Waals surface area contributed by atoms with E-state index in [1.54, 1.807) is 0 Å². The van der Waals surface area contributed by atoms with Crippen molar-refractivity contribution in [2.45, 2.75) is 38.5 Å². The maximum atomic E-state index is 12.5. The fourth-order valence-corrected chi connectivity index (χ4v) is 2.82. The zero-order valence-corrected chi connectivity index (χ0v) is 13.0. The van der Waals surface area contributed by atoms with Gasteiger partial charge < -0.3 is 19.5 Å². The van der Waals surface area contributed by atoms with Crippen LogP contribution in [0.2, 0.25) is 0 Å². The minimum atomic E-state index is -3.25. The van der Waals surface area contributed by atoms with Gasteiger partial charge in [-0.25, -0.2) is 4.79 Å². The first-order valence-electron chi connectivity index (χ1n) is 7.22. The molecule has 138 valence electrons. The molecule has 2 rings (SSSR count). The molecule has 1 heterocycles. The molecule has 2 atom stereocenters. The molecule has 1 amide bonds. The maximum Gasteiger partial charge on any atom is 0.387 e. The maximum absolute atomic E-state index is 12.5. The van der Waals surface area contributed by atoms with Crippen molar-refractivity contribution in [3.63, 3.8) is 0 Å². The number of carboxylic acids is 1. The number of halogens is 4. The highest BCUT2D eigenvalue weighted by molar-refractivity contribution is 5.83. The van der Waals surface area contributed by atoms with Crippen molar-refractivity contribution < 1.29 is 41.7 Å². The molecule has 6 nitrogen and oxygen atoms in total. The Morgan fingerprint density at radius 3 is 2.24 bits per heavy atom. The topological polar surface area (TPSA) is 76.1 Å². The molecule has 0 bridgehead atoms. The first-order valence-corrected chi connectivity index (χ1v) is 7.22. The van der Waals surface area contributed by atoms with Crippen LogP contribution < -0.4 is 9.47 Å². The quantitative estimate of drug-likeness (QED) is 0.785. The Balaban J connectivity index is 2.30. The lowest BCUT2D eigenvalue weighted by Crippen LogP contribution is -2.39.